The van der Waals surface area contributed by atoms with E-state index in [2.05, 4.69) is 10.6 Å². The molecule has 2 atom stereocenters. The molecule has 0 aromatic heterocycles. The van der Waals surface area contributed by atoms with Gasteiger partial charge in [-0.2, -0.15) is 0 Å². The van der Waals surface area contributed by atoms with Crippen molar-refractivity contribution in [2.75, 3.05) is 26.3 Å². The second kappa shape index (κ2) is 8.79. The highest BCUT2D eigenvalue weighted by Crippen LogP contribution is 2.15. The summed E-state index contributed by atoms with van der Waals surface area (Å²) in [5.74, 6) is -0.558. The molecule has 0 aliphatic carbocycles. The summed E-state index contributed by atoms with van der Waals surface area (Å²) in [6.45, 7) is 6.30. The lowest BCUT2D eigenvalue weighted by Gasteiger charge is -2.16. The molecule has 0 aromatic carbocycles. The first kappa shape index (κ1) is 16.8. The van der Waals surface area contributed by atoms with E-state index in [1.54, 1.807) is 0 Å². The molecule has 1 fully saturated rings. The monoisotopic (exact) mass is 286 g/mol. The maximum absolute atomic E-state index is 11.6. The van der Waals surface area contributed by atoms with Crippen LogP contribution in [-0.4, -0.2) is 43.4 Å². The van der Waals surface area contributed by atoms with Gasteiger partial charge >= 0.3 is 12.0 Å². The number of hydrogen-bond donors (Lipinski definition) is 3. The molecule has 1 aliphatic heterocycles. The maximum atomic E-state index is 11.6. The lowest BCUT2D eigenvalue weighted by atomic mass is 9.97. The van der Waals surface area contributed by atoms with Crippen LogP contribution in [0.4, 0.5) is 4.79 Å². The van der Waals surface area contributed by atoms with Crippen molar-refractivity contribution >= 4 is 12.0 Å². The van der Waals surface area contributed by atoms with Gasteiger partial charge in [-0.1, -0.05) is 13.8 Å². The summed E-state index contributed by atoms with van der Waals surface area (Å²) >= 11 is 0. The zero-order chi connectivity index (χ0) is 15.0. The van der Waals surface area contributed by atoms with Crippen molar-refractivity contribution in [3.63, 3.8) is 0 Å². The van der Waals surface area contributed by atoms with Crippen LogP contribution < -0.4 is 10.6 Å². The van der Waals surface area contributed by atoms with Gasteiger partial charge in [-0.3, -0.25) is 4.79 Å². The van der Waals surface area contributed by atoms with Gasteiger partial charge in [-0.05, 0) is 31.1 Å². The molecule has 6 nitrogen and oxygen atoms in total. The number of carboxylic acids is 1. The minimum atomic E-state index is -0.859. The summed E-state index contributed by atoms with van der Waals surface area (Å²) in [4.78, 5) is 22.6. The van der Waals surface area contributed by atoms with Crippen LogP contribution in [0.2, 0.25) is 0 Å². The van der Waals surface area contributed by atoms with Gasteiger partial charge in [0.1, 0.15) is 0 Å². The summed E-state index contributed by atoms with van der Waals surface area (Å²) in [6, 6.07) is -0.293. The van der Waals surface area contributed by atoms with E-state index in [0.29, 0.717) is 24.8 Å². The summed E-state index contributed by atoms with van der Waals surface area (Å²) < 4.78 is 5.26. The SMILES string of the molecule is CC(C)CC(CNC(=O)NCCC1CCOC1)C(=O)O. The molecule has 0 aromatic rings. The Morgan fingerprint density at radius 3 is 2.65 bits per heavy atom. The van der Waals surface area contributed by atoms with Gasteiger partial charge in [-0.15, -0.1) is 0 Å². The maximum Gasteiger partial charge on any atom is 0.314 e. The second-order valence-corrected chi connectivity index (χ2v) is 5.82. The van der Waals surface area contributed by atoms with Crippen LogP contribution >= 0.6 is 0 Å². The number of urea groups is 1. The predicted molar refractivity (Wildman–Crippen MR) is 75.5 cm³/mol. The van der Waals surface area contributed by atoms with Gasteiger partial charge in [0, 0.05) is 26.3 Å². The van der Waals surface area contributed by atoms with E-state index in [4.69, 9.17) is 9.84 Å². The van der Waals surface area contributed by atoms with E-state index in [9.17, 15) is 9.59 Å². The van der Waals surface area contributed by atoms with E-state index >= 15 is 0 Å². The topological polar surface area (TPSA) is 87.7 Å². The third-order valence-corrected chi connectivity index (χ3v) is 3.48. The first-order chi connectivity index (χ1) is 9.49. The number of amides is 2. The molecule has 116 valence electrons. The molecule has 2 unspecified atom stereocenters. The Labute approximate surface area is 120 Å². The van der Waals surface area contributed by atoms with E-state index < -0.39 is 11.9 Å². The van der Waals surface area contributed by atoms with Crippen molar-refractivity contribution in [3.05, 3.63) is 0 Å². The van der Waals surface area contributed by atoms with Gasteiger partial charge in [-0.25, -0.2) is 4.79 Å². The van der Waals surface area contributed by atoms with Crippen LogP contribution in [0.3, 0.4) is 0 Å². The third-order valence-electron chi connectivity index (χ3n) is 3.48. The Balaban J connectivity index is 2.15. The smallest absolute Gasteiger partial charge is 0.314 e. The minimum Gasteiger partial charge on any atom is -0.481 e. The van der Waals surface area contributed by atoms with Gasteiger partial charge in [0.2, 0.25) is 0 Å². The Morgan fingerprint density at radius 1 is 1.35 bits per heavy atom. The molecular formula is C14H26N2O4. The number of carbonyl (C=O) groups is 2. The summed E-state index contributed by atoms with van der Waals surface area (Å²) in [5, 5.41) is 14.5. The molecule has 1 heterocycles. The molecule has 20 heavy (non-hydrogen) atoms. The quantitative estimate of drug-likeness (QED) is 0.630. The molecule has 0 bridgehead atoms. The van der Waals surface area contributed by atoms with Crippen molar-refractivity contribution < 1.29 is 19.4 Å². The van der Waals surface area contributed by atoms with Gasteiger partial charge < -0.3 is 20.5 Å². The predicted octanol–water partition coefficient (Wildman–Crippen LogP) is 1.46. The Bertz CT molecular complexity index is 314. The number of aliphatic carboxylic acids is 1. The number of carboxylic acid groups (broad SMARTS) is 1. The summed E-state index contributed by atoms with van der Waals surface area (Å²) in [7, 11) is 0. The number of carbonyl (C=O) groups excluding carboxylic acids is 1. The molecule has 0 saturated carbocycles. The normalized spacial score (nSPS) is 19.9. The second-order valence-electron chi connectivity index (χ2n) is 5.82. The van der Waals surface area contributed by atoms with Crippen molar-refractivity contribution in [1.29, 1.82) is 0 Å². The lowest BCUT2D eigenvalue weighted by Crippen LogP contribution is -2.40. The molecule has 0 radical (unpaired) electrons. The zero-order valence-corrected chi connectivity index (χ0v) is 12.4. The van der Waals surface area contributed by atoms with E-state index in [-0.39, 0.29) is 12.6 Å². The average molecular weight is 286 g/mol. The summed E-state index contributed by atoms with van der Waals surface area (Å²) in [5.41, 5.74) is 0. The van der Waals surface area contributed by atoms with Crippen LogP contribution in [0.1, 0.15) is 33.1 Å². The molecule has 1 rings (SSSR count). The molecule has 2 amide bonds. The Hall–Kier alpha value is -1.30. The van der Waals surface area contributed by atoms with Gasteiger partial charge in [0.05, 0.1) is 5.92 Å². The fourth-order valence-corrected chi connectivity index (χ4v) is 2.32. The number of hydrogen-bond acceptors (Lipinski definition) is 3. The van der Waals surface area contributed by atoms with Crippen molar-refractivity contribution in [1.82, 2.24) is 10.6 Å². The van der Waals surface area contributed by atoms with Crippen LogP contribution in [0.25, 0.3) is 0 Å². The first-order valence-electron chi connectivity index (χ1n) is 7.31. The fraction of sp³-hybridized carbons (Fsp3) is 0.857. The Kier molecular flexibility index (Phi) is 7.36. The van der Waals surface area contributed by atoms with E-state index in [0.717, 1.165) is 26.1 Å². The molecule has 0 spiro atoms. The average Bonchev–Trinajstić information content (AvgIpc) is 2.86. The molecule has 1 saturated heterocycles. The molecular weight excluding hydrogens is 260 g/mol. The standard InChI is InChI=1S/C14H26N2O4/c1-10(2)7-12(13(17)18)8-16-14(19)15-5-3-11-4-6-20-9-11/h10-12H,3-9H2,1-2H3,(H,17,18)(H2,15,16,19). The van der Waals surface area contributed by atoms with Crippen molar-refractivity contribution in [3.8, 4) is 0 Å². The first-order valence-corrected chi connectivity index (χ1v) is 7.31. The highest BCUT2D eigenvalue weighted by molar-refractivity contribution is 5.75. The van der Waals surface area contributed by atoms with Crippen molar-refractivity contribution in [2.24, 2.45) is 17.8 Å². The fourth-order valence-electron chi connectivity index (χ4n) is 2.32. The van der Waals surface area contributed by atoms with Gasteiger partial charge in [0.25, 0.3) is 0 Å². The van der Waals surface area contributed by atoms with Crippen LogP contribution in [0, 0.1) is 17.8 Å². The number of nitrogens with one attached hydrogen (secondary N) is 2. The lowest BCUT2D eigenvalue weighted by molar-refractivity contribution is -0.142. The van der Waals surface area contributed by atoms with Crippen LogP contribution in [-0.2, 0) is 9.53 Å². The van der Waals surface area contributed by atoms with E-state index in [1.165, 1.54) is 0 Å². The minimum absolute atomic E-state index is 0.173. The molecule has 3 N–H and O–H groups in total. The Morgan fingerprint density at radius 2 is 2.10 bits per heavy atom. The molecule has 6 heteroatoms. The highest BCUT2D eigenvalue weighted by Gasteiger charge is 2.20. The van der Waals surface area contributed by atoms with Crippen LogP contribution in [0.15, 0.2) is 0 Å². The molecule has 1 aliphatic rings. The number of rotatable bonds is 8. The highest BCUT2D eigenvalue weighted by atomic mass is 16.5. The van der Waals surface area contributed by atoms with Gasteiger partial charge in [0.15, 0.2) is 0 Å². The number of ether oxygens (including phenoxy) is 1. The van der Waals surface area contributed by atoms with E-state index in [1.807, 2.05) is 13.8 Å². The summed E-state index contributed by atoms with van der Waals surface area (Å²) in [6.07, 6.45) is 2.52. The zero-order valence-electron chi connectivity index (χ0n) is 12.4. The van der Waals surface area contributed by atoms with Crippen LogP contribution in [0.5, 0.6) is 0 Å². The third kappa shape index (κ3) is 6.75. The largest absolute Gasteiger partial charge is 0.481 e. The van der Waals surface area contributed by atoms with Crippen molar-refractivity contribution in [2.45, 2.75) is 33.1 Å².